The quantitative estimate of drug-likeness (QED) is 0.384. The minimum absolute atomic E-state index is 0.0151. The second kappa shape index (κ2) is 11.4. The zero-order chi connectivity index (χ0) is 32.3. The largest absolute Gasteiger partial charge is 0.380 e. The number of rotatable bonds is 4. The van der Waals surface area contributed by atoms with Gasteiger partial charge < -0.3 is 15.7 Å². The van der Waals surface area contributed by atoms with Gasteiger partial charge in [-0.3, -0.25) is 4.79 Å². The number of anilines is 1. The molecule has 5 rings (SSSR count). The molecule has 0 unspecified atom stereocenters. The summed E-state index contributed by atoms with van der Waals surface area (Å²) in [6.07, 6.45) is 2.59. The molecule has 0 saturated carbocycles. The van der Waals surface area contributed by atoms with Crippen LogP contribution in [0.5, 0.6) is 0 Å². The lowest BCUT2D eigenvalue weighted by atomic mass is 9.45. The molecule has 2 aromatic rings. The van der Waals surface area contributed by atoms with E-state index in [0.717, 1.165) is 41.6 Å². The van der Waals surface area contributed by atoms with E-state index in [0.29, 0.717) is 11.1 Å². The molecule has 3 aliphatic carbocycles. The number of hydrogen-bond acceptors (Lipinski definition) is 4. The first-order chi connectivity index (χ1) is 20.1. The number of hydrogen-bond donors (Lipinski definition) is 2. The summed E-state index contributed by atoms with van der Waals surface area (Å²) < 4.78 is 0. The van der Waals surface area contributed by atoms with Crippen LogP contribution in [0.15, 0.2) is 65.3 Å². The molecule has 0 radical (unpaired) electrons. The first kappa shape index (κ1) is 32.7. The number of allylic oxidation sites excluding steroid dienone is 3. The highest BCUT2D eigenvalue weighted by atomic mass is 16.3. The molecule has 3 aliphatic rings. The van der Waals surface area contributed by atoms with Crippen LogP contribution in [0, 0.1) is 38.0 Å². The first-order valence-electron chi connectivity index (χ1n) is 15.7. The minimum atomic E-state index is -1.30. The minimum Gasteiger partial charge on any atom is -0.380 e. The van der Waals surface area contributed by atoms with Gasteiger partial charge in [0.15, 0.2) is 5.78 Å². The van der Waals surface area contributed by atoms with Gasteiger partial charge >= 0.3 is 0 Å². The van der Waals surface area contributed by atoms with Crippen LogP contribution < -0.4 is 10.6 Å². The van der Waals surface area contributed by atoms with Crippen molar-refractivity contribution in [3.05, 3.63) is 93.1 Å². The van der Waals surface area contributed by atoms with Crippen molar-refractivity contribution in [2.75, 3.05) is 26.0 Å². The molecule has 0 aliphatic heterocycles. The summed E-state index contributed by atoms with van der Waals surface area (Å²) in [4.78, 5) is 15.2. The fraction of sp³-hybridized carbons (Fsp3) is 0.462. The lowest BCUT2D eigenvalue weighted by molar-refractivity contribution is -0.115. The number of aryl methyl sites for hydroxylation is 2. The Labute approximate surface area is 260 Å². The summed E-state index contributed by atoms with van der Waals surface area (Å²) in [5.41, 5.74) is 18.1. The zero-order valence-corrected chi connectivity index (χ0v) is 28.4. The first-order valence-corrected chi connectivity index (χ1v) is 15.7. The van der Waals surface area contributed by atoms with E-state index in [4.69, 9.17) is 6.58 Å². The number of ketones is 1. The van der Waals surface area contributed by atoms with Gasteiger partial charge in [0.2, 0.25) is 0 Å². The second-order valence-corrected chi connectivity index (χ2v) is 13.4. The van der Waals surface area contributed by atoms with Crippen molar-refractivity contribution in [3.8, 4) is 11.1 Å². The van der Waals surface area contributed by atoms with Crippen LogP contribution in [-0.2, 0) is 11.2 Å². The maximum Gasteiger partial charge on any atom is 0.160 e. The summed E-state index contributed by atoms with van der Waals surface area (Å²) in [5.74, 6) is 0.309. The average molecular weight is 581 g/mol. The number of carbonyl (C=O) groups is 1. The highest BCUT2D eigenvalue weighted by Crippen LogP contribution is 2.65. The van der Waals surface area contributed by atoms with Crippen molar-refractivity contribution in [3.63, 3.8) is 0 Å². The molecule has 0 aromatic heterocycles. The molecular formula is C39H52N2O2. The molecule has 0 saturated heterocycles. The summed E-state index contributed by atoms with van der Waals surface area (Å²) in [5, 5.41) is 12.8. The Bertz CT molecular complexity index is 1600. The van der Waals surface area contributed by atoms with Gasteiger partial charge in [-0.1, -0.05) is 50.8 Å². The van der Waals surface area contributed by atoms with E-state index in [9.17, 15) is 9.90 Å². The van der Waals surface area contributed by atoms with E-state index < -0.39 is 11.0 Å². The lowest BCUT2D eigenvalue weighted by Crippen LogP contribution is -2.60. The van der Waals surface area contributed by atoms with E-state index in [1.165, 1.54) is 51.7 Å². The summed E-state index contributed by atoms with van der Waals surface area (Å²) in [7, 11) is 5.76. The van der Waals surface area contributed by atoms with Crippen molar-refractivity contribution in [1.82, 2.24) is 0 Å². The highest BCUT2D eigenvalue weighted by Gasteiger charge is 2.62. The van der Waals surface area contributed by atoms with Crippen LogP contribution in [0.1, 0.15) is 75.3 Å². The van der Waals surface area contributed by atoms with Crippen molar-refractivity contribution in [2.45, 2.75) is 80.3 Å². The third kappa shape index (κ3) is 4.52. The average Bonchev–Trinajstić information content (AvgIpc) is 2.93. The molecule has 0 bridgehead atoms. The van der Waals surface area contributed by atoms with Crippen LogP contribution in [0.2, 0.25) is 0 Å². The Morgan fingerprint density at radius 3 is 2.23 bits per heavy atom. The number of nitrogens with zero attached hydrogens (tertiary/aromatic N) is 1. The maximum absolute atomic E-state index is 12.9. The molecule has 4 atom stereocenters. The van der Waals surface area contributed by atoms with Crippen LogP contribution in [0.25, 0.3) is 16.7 Å². The van der Waals surface area contributed by atoms with Crippen molar-refractivity contribution >= 4 is 17.0 Å². The van der Waals surface area contributed by atoms with Gasteiger partial charge in [0.1, 0.15) is 5.60 Å². The Morgan fingerprint density at radius 1 is 1.07 bits per heavy atom. The molecule has 0 heterocycles. The third-order valence-corrected chi connectivity index (χ3v) is 11.1. The van der Waals surface area contributed by atoms with Gasteiger partial charge in [-0.05, 0) is 147 Å². The SMILES string of the molecule is C=C1C2=C(C)[C@]3(O)C(=C)C(C(C)=O)=C(C)[C@@H](CC)[C@]3(C)C[C@@H]2Cc2c(N(C)C)cc(-c3ccc(C)c(C)c3)c(C)c21.CN. The molecular weight excluding hydrogens is 528 g/mol. The monoisotopic (exact) mass is 580 g/mol. The Balaban J connectivity index is 0.00000207. The number of aliphatic hydroxyl groups is 1. The molecule has 3 N–H and O–H groups in total. The van der Waals surface area contributed by atoms with Crippen LogP contribution in [0.4, 0.5) is 5.69 Å². The van der Waals surface area contributed by atoms with E-state index in [1.54, 1.807) is 6.92 Å². The summed E-state index contributed by atoms with van der Waals surface area (Å²) in [6.45, 7) is 25.9. The fourth-order valence-corrected chi connectivity index (χ4v) is 9.05. The van der Waals surface area contributed by atoms with Crippen LogP contribution >= 0.6 is 0 Å². The third-order valence-electron chi connectivity index (χ3n) is 11.1. The molecule has 0 amide bonds. The van der Waals surface area contributed by atoms with Gasteiger partial charge in [0, 0.05) is 30.8 Å². The Morgan fingerprint density at radius 2 is 1.70 bits per heavy atom. The van der Waals surface area contributed by atoms with E-state index in [1.807, 2.05) is 0 Å². The van der Waals surface area contributed by atoms with Gasteiger partial charge in [-0.25, -0.2) is 0 Å². The fourth-order valence-electron chi connectivity index (χ4n) is 9.05. The highest BCUT2D eigenvalue weighted by molar-refractivity contribution is 6.00. The van der Waals surface area contributed by atoms with E-state index in [2.05, 4.69) is 104 Å². The molecule has 4 nitrogen and oxygen atoms in total. The predicted octanol–water partition coefficient (Wildman–Crippen LogP) is 8.06. The van der Waals surface area contributed by atoms with Crippen molar-refractivity contribution in [2.24, 2.45) is 23.0 Å². The second-order valence-electron chi connectivity index (χ2n) is 13.4. The van der Waals surface area contributed by atoms with Crippen LogP contribution in [-0.4, -0.2) is 37.6 Å². The molecule has 2 aromatic carbocycles. The van der Waals surface area contributed by atoms with Gasteiger partial charge in [0.05, 0.1) is 0 Å². The number of nitrogens with two attached hydrogens (primary N) is 1. The number of benzene rings is 2. The summed E-state index contributed by atoms with van der Waals surface area (Å²) >= 11 is 0. The summed E-state index contributed by atoms with van der Waals surface area (Å²) in [6, 6.07) is 9.07. The predicted molar refractivity (Wildman–Crippen MR) is 183 cm³/mol. The van der Waals surface area contributed by atoms with Crippen molar-refractivity contribution in [1.29, 1.82) is 0 Å². The van der Waals surface area contributed by atoms with Gasteiger partial charge in [-0.15, -0.1) is 0 Å². The van der Waals surface area contributed by atoms with Crippen molar-refractivity contribution < 1.29 is 9.90 Å². The van der Waals surface area contributed by atoms with E-state index >= 15 is 0 Å². The molecule has 0 spiro atoms. The number of carbonyl (C=O) groups excluding carboxylic acids is 1. The standard InChI is InChI=1S/C38H47NO2.CH5N/c1-13-32-23(5)35(27(9)40)25(7)38(41)26(8)36-24(6)34-22(4)30(28-15-14-20(2)21(3)16-28)18-33(39(11)12)31(34)17-29(36)19-37(32,38)10;1-2/h14-16,18,29,32,41H,6-7,13,17,19H2,1-5,8-12H3;2H2,1H3/t29-,32+,37-,38+;/m0./s1. The normalized spacial score (nSPS) is 26.3. The number of Topliss-reactive ketones (excluding diaryl/α,β-unsaturated/α-hetero) is 1. The molecule has 43 heavy (non-hydrogen) atoms. The topological polar surface area (TPSA) is 66.6 Å². The Kier molecular flexibility index (Phi) is 8.65. The smallest absolute Gasteiger partial charge is 0.160 e. The maximum atomic E-state index is 12.9. The Hall–Kier alpha value is -3.21. The van der Waals surface area contributed by atoms with Gasteiger partial charge in [0.25, 0.3) is 0 Å². The molecule has 230 valence electrons. The van der Waals surface area contributed by atoms with Gasteiger partial charge in [-0.2, -0.15) is 0 Å². The van der Waals surface area contributed by atoms with E-state index in [-0.39, 0.29) is 17.6 Å². The van der Waals surface area contributed by atoms with Crippen LogP contribution in [0.3, 0.4) is 0 Å². The zero-order valence-electron chi connectivity index (χ0n) is 28.4. The molecule has 4 heteroatoms. The lowest BCUT2D eigenvalue weighted by Gasteiger charge is -2.60. The molecule has 0 fully saturated rings. The number of fused-ring (bicyclic) bond motifs is 3.